The molecule has 4 heteroatoms. The van der Waals surface area contributed by atoms with Crippen LogP contribution in [-0.2, 0) is 13.0 Å². The second-order valence-electron chi connectivity index (χ2n) is 4.43. The van der Waals surface area contributed by atoms with Crippen molar-refractivity contribution in [3.8, 4) is 11.5 Å². The molecule has 20 heavy (non-hydrogen) atoms. The Labute approximate surface area is 127 Å². The van der Waals surface area contributed by atoms with Gasteiger partial charge in [0, 0.05) is 10.0 Å². The Kier molecular flexibility index (Phi) is 5.44. The molecule has 0 radical (unpaired) electrons. The first kappa shape index (κ1) is 14.9. The molecule has 0 heterocycles. The lowest BCUT2D eigenvalue weighted by Crippen LogP contribution is -2.03. The van der Waals surface area contributed by atoms with Crippen LogP contribution in [0.15, 0.2) is 46.9 Å². The third-order valence-electron chi connectivity index (χ3n) is 2.97. The maximum Gasteiger partial charge on any atom is 0.125 e. The van der Waals surface area contributed by atoms with E-state index in [9.17, 15) is 0 Å². The highest BCUT2D eigenvalue weighted by Gasteiger charge is 2.05. The molecule has 106 valence electrons. The van der Waals surface area contributed by atoms with Crippen LogP contribution in [0.25, 0.3) is 0 Å². The fourth-order valence-electron chi connectivity index (χ4n) is 1.98. The van der Waals surface area contributed by atoms with Crippen LogP contribution >= 0.6 is 15.9 Å². The second kappa shape index (κ2) is 7.31. The van der Waals surface area contributed by atoms with E-state index in [1.807, 2.05) is 36.4 Å². The average molecular weight is 336 g/mol. The van der Waals surface area contributed by atoms with Gasteiger partial charge in [-0.1, -0.05) is 28.1 Å². The maximum absolute atomic E-state index is 5.83. The quantitative estimate of drug-likeness (QED) is 0.878. The fourth-order valence-corrected chi connectivity index (χ4v) is 2.39. The van der Waals surface area contributed by atoms with Gasteiger partial charge in [-0.15, -0.1) is 0 Å². The smallest absolute Gasteiger partial charge is 0.125 e. The lowest BCUT2D eigenvalue weighted by Gasteiger charge is -2.11. The van der Waals surface area contributed by atoms with Gasteiger partial charge in [0.05, 0.1) is 7.11 Å². The van der Waals surface area contributed by atoms with Crippen LogP contribution in [0.5, 0.6) is 11.5 Å². The average Bonchev–Trinajstić information content (AvgIpc) is 2.46. The van der Waals surface area contributed by atoms with E-state index in [0.29, 0.717) is 13.2 Å². The molecule has 0 fully saturated rings. The molecule has 0 aliphatic carbocycles. The minimum absolute atomic E-state index is 0.467. The molecule has 2 aromatic carbocycles. The number of methoxy groups -OCH3 is 1. The summed E-state index contributed by atoms with van der Waals surface area (Å²) in [6.07, 6.45) is 0.859. The first-order valence-corrected chi connectivity index (χ1v) is 7.26. The number of halogens is 1. The molecular weight excluding hydrogens is 318 g/mol. The van der Waals surface area contributed by atoms with Crippen molar-refractivity contribution in [3.05, 3.63) is 58.1 Å². The van der Waals surface area contributed by atoms with Crippen LogP contribution in [0.3, 0.4) is 0 Å². The molecule has 0 aromatic heterocycles. The van der Waals surface area contributed by atoms with Gasteiger partial charge < -0.3 is 15.2 Å². The highest BCUT2D eigenvalue weighted by Crippen LogP contribution is 2.24. The SMILES string of the molecule is COc1ccc(Br)cc1COc1cccc(CCN)c1. The van der Waals surface area contributed by atoms with E-state index >= 15 is 0 Å². The topological polar surface area (TPSA) is 44.5 Å². The highest BCUT2D eigenvalue weighted by molar-refractivity contribution is 9.10. The Morgan fingerprint density at radius 2 is 2.00 bits per heavy atom. The summed E-state index contributed by atoms with van der Waals surface area (Å²) in [6, 6.07) is 13.9. The van der Waals surface area contributed by atoms with E-state index in [4.69, 9.17) is 15.2 Å². The Bertz CT molecular complexity index is 572. The molecule has 2 N–H and O–H groups in total. The van der Waals surface area contributed by atoms with Crippen LogP contribution in [0.4, 0.5) is 0 Å². The lowest BCUT2D eigenvalue weighted by atomic mass is 10.1. The minimum Gasteiger partial charge on any atom is -0.496 e. The lowest BCUT2D eigenvalue weighted by molar-refractivity contribution is 0.296. The van der Waals surface area contributed by atoms with Crippen LogP contribution < -0.4 is 15.2 Å². The van der Waals surface area contributed by atoms with Crippen molar-refractivity contribution in [3.63, 3.8) is 0 Å². The summed E-state index contributed by atoms with van der Waals surface area (Å²) in [5.74, 6) is 1.67. The van der Waals surface area contributed by atoms with Gasteiger partial charge in [-0.05, 0) is 48.9 Å². The molecule has 0 amide bonds. The summed E-state index contributed by atoms with van der Waals surface area (Å²) in [5.41, 5.74) is 7.76. The Morgan fingerprint density at radius 1 is 1.15 bits per heavy atom. The number of ether oxygens (including phenoxy) is 2. The van der Waals surface area contributed by atoms with Crippen molar-refractivity contribution < 1.29 is 9.47 Å². The van der Waals surface area contributed by atoms with E-state index < -0.39 is 0 Å². The van der Waals surface area contributed by atoms with Crippen LogP contribution in [0.1, 0.15) is 11.1 Å². The van der Waals surface area contributed by atoms with Gasteiger partial charge in [0.15, 0.2) is 0 Å². The molecule has 0 saturated carbocycles. The first-order valence-electron chi connectivity index (χ1n) is 6.47. The molecule has 2 rings (SSSR count). The molecule has 0 atom stereocenters. The van der Waals surface area contributed by atoms with Crippen LogP contribution in [0.2, 0.25) is 0 Å². The van der Waals surface area contributed by atoms with E-state index in [2.05, 4.69) is 22.0 Å². The predicted molar refractivity (Wildman–Crippen MR) is 84.2 cm³/mol. The van der Waals surface area contributed by atoms with Gasteiger partial charge in [0.25, 0.3) is 0 Å². The van der Waals surface area contributed by atoms with Crippen LogP contribution in [-0.4, -0.2) is 13.7 Å². The number of hydrogen-bond donors (Lipinski definition) is 1. The summed E-state index contributed by atoms with van der Waals surface area (Å²) < 4.78 is 12.2. The summed E-state index contributed by atoms with van der Waals surface area (Å²) in [7, 11) is 1.66. The molecule has 0 spiro atoms. The third kappa shape index (κ3) is 3.99. The van der Waals surface area contributed by atoms with Crippen molar-refractivity contribution in [1.29, 1.82) is 0 Å². The Morgan fingerprint density at radius 3 is 2.75 bits per heavy atom. The number of hydrogen-bond acceptors (Lipinski definition) is 3. The van der Waals surface area contributed by atoms with Gasteiger partial charge in [-0.25, -0.2) is 0 Å². The van der Waals surface area contributed by atoms with Gasteiger partial charge in [0.2, 0.25) is 0 Å². The molecule has 2 aromatic rings. The Balaban J connectivity index is 2.08. The van der Waals surface area contributed by atoms with Gasteiger partial charge in [-0.3, -0.25) is 0 Å². The highest BCUT2D eigenvalue weighted by atomic mass is 79.9. The van der Waals surface area contributed by atoms with Crippen LogP contribution in [0, 0.1) is 0 Å². The standard InChI is InChI=1S/C16H18BrNO2/c1-19-16-6-5-14(17)10-13(16)11-20-15-4-2-3-12(9-15)7-8-18/h2-6,9-10H,7-8,11,18H2,1H3. The summed E-state index contributed by atoms with van der Waals surface area (Å²) in [4.78, 5) is 0. The number of benzene rings is 2. The van der Waals surface area contributed by atoms with Crippen molar-refractivity contribution in [2.45, 2.75) is 13.0 Å². The molecule has 0 aliphatic rings. The van der Waals surface area contributed by atoms with Gasteiger partial charge in [-0.2, -0.15) is 0 Å². The molecule has 0 saturated heterocycles. The molecular formula is C16H18BrNO2. The molecule has 0 bridgehead atoms. The van der Waals surface area contributed by atoms with E-state index in [1.54, 1.807) is 7.11 Å². The summed E-state index contributed by atoms with van der Waals surface area (Å²) >= 11 is 3.46. The number of rotatable bonds is 6. The van der Waals surface area contributed by atoms with Crippen molar-refractivity contribution in [1.82, 2.24) is 0 Å². The van der Waals surface area contributed by atoms with Gasteiger partial charge >= 0.3 is 0 Å². The number of nitrogens with two attached hydrogens (primary N) is 1. The Hall–Kier alpha value is -1.52. The van der Waals surface area contributed by atoms with Crippen molar-refractivity contribution >= 4 is 15.9 Å². The maximum atomic E-state index is 5.83. The van der Waals surface area contributed by atoms with E-state index in [0.717, 1.165) is 28.0 Å². The zero-order valence-corrected chi connectivity index (χ0v) is 13.0. The zero-order chi connectivity index (χ0) is 14.4. The minimum atomic E-state index is 0.467. The fraction of sp³-hybridized carbons (Fsp3) is 0.250. The zero-order valence-electron chi connectivity index (χ0n) is 11.4. The largest absolute Gasteiger partial charge is 0.496 e. The van der Waals surface area contributed by atoms with Crippen molar-refractivity contribution in [2.75, 3.05) is 13.7 Å². The van der Waals surface area contributed by atoms with E-state index in [-0.39, 0.29) is 0 Å². The van der Waals surface area contributed by atoms with E-state index in [1.165, 1.54) is 5.56 Å². The molecule has 0 unspecified atom stereocenters. The predicted octanol–water partition coefficient (Wildman–Crippen LogP) is 3.54. The first-order chi connectivity index (χ1) is 9.72. The summed E-state index contributed by atoms with van der Waals surface area (Å²) in [5, 5.41) is 0. The third-order valence-corrected chi connectivity index (χ3v) is 3.46. The monoisotopic (exact) mass is 335 g/mol. The normalized spacial score (nSPS) is 10.3. The molecule has 3 nitrogen and oxygen atoms in total. The second-order valence-corrected chi connectivity index (χ2v) is 5.35. The van der Waals surface area contributed by atoms with Crippen molar-refractivity contribution in [2.24, 2.45) is 5.73 Å². The molecule has 0 aliphatic heterocycles. The van der Waals surface area contributed by atoms with Gasteiger partial charge in [0.1, 0.15) is 18.1 Å². The summed E-state index contributed by atoms with van der Waals surface area (Å²) in [6.45, 7) is 1.11.